The first kappa shape index (κ1) is 14.2. The quantitative estimate of drug-likeness (QED) is 0.795. The van der Waals surface area contributed by atoms with Gasteiger partial charge in [-0.25, -0.2) is 0 Å². The highest BCUT2D eigenvalue weighted by atomic mass is 35.5. The molecule has 0 unspecified atom stereocenters. The van der Waals surface area contributed by atoms with Crippen LogP contribution >= 0.6 is 23.2 Å². The fourth-order valence-corrected chi connectivity index (χ4v) is 2.55. The molecule has 5 heteroatoms. The van der Waals surface area contributed by atoms with Crippen LogP contribution in [-0.4, -0.2) is 19.0 Å². The molecular weight excluding hydrogens is 311 g/mol. The highest BCUT2D eigenvalue weighted by molar-refractivity contribution is 6.33. The fraction of sp³-hybridized carbons (Fsp3) is 0.188. The molecule has 0 aliphatic carbocycles. The Morgan fingerprint density at radius 1 is 1.00 bits per heavy atom. The number of rotatable bonds is 3. The highest BCUT2D eigenvalue weighted by Gasteiger charge is 2.16. The van der Waals surface area contributed by atoms with E-state index in [-0.39, 0.29) is 12.2 Å². The van der Waals surface area contributed by atoms with Crippen LogP contribution in [0.1, 0.15) is 15.9 Å². The lowest BCUT2D eigenvalue weighted by Crippen LogP contribution is -2.16. The van der Waals surface area contributed by atoms with Crippen LogP contribution < -0.4 is 9.47 Å². The summed E-state index contributed by atoms with van der Waals surface area (Å²) in [5, 5.41) is 1.09. The van der Waals surface area contributed by atoms with Crippen molar-refractivity contribution in [3.05, 3.63) is 57.6 Å². The number of hydrogen-bond donors (Lipinski definition) is 0. The van der Waals surface area contributed by atoms with Crippen LogP contribution in [0.2, 0.25) is 10.0 Å². The minimum atomic E-state index is -0.0452. The molecule has 2 aromatic carbocycles. The largest absolute Gasteiger partial charge is 0.486 e. The molecule has 3 rings (SSSR count). The van der Waals surface area contributed by atoms with Crippen molar-refractivity contribution in [1.82, 2.24) is 0 Å². The van der Waals surface area contributed by atoms with Gasteiger partial charge in [-0.3, -0.25) is 4.79 Å². The summed E-state index contributed by atoms with van der Waals surface area (Å²) in [6.45, 7) is 1.02. The van der Waals surface area contributed by atoms with Gasteiger partial charge in [0, 0.05) is 22.0 Å². The second-order valence-corrected chi connectivity index (χ2v) is 5.54. The third-order valence-electron chi connectivity index (χ3n) is 3.22. The summed E-state index contributed by atoms with van der Waals surface area (Å²) in [7, 11) is 0. The van der Waals surface area contributed by atoms with Crippen LogP contribution in [0.25, 0.3) is 0 Å². The van der Waals surface area contributed by atoms with Crippen molar-refractivity contribution in [3.63, 3.8) is 0 Å². The van der Waals surface area contributed by atoms with Gasteiger partial charge in [0.25, 0.3) is 0 Å². The molecule has 0 saturated carbocycles. The van der Waals surface area contributed by atoms with Crippen molar-refractivity contribution < 1.29 is 14.3 Å². The Hall–Kier alpha value is -1.71. The number of Topliss-reactive ketones (excluding diaryl/α,β-unsaturated/α-hetero) is 1. The number of hydrogen-bond acceptors (Lipinski definition) is 3. The molecule has 0 saturated heterocycles. The van der Waals surface area contributed by atoms with E-state index in [0.29, 0.717) is 45.9 Å². The van der Waals surface area contributed by atoms with Crippen molar-refractivity contribution in [1.29, 1.82) is 0 Å². The molecule has 0 fully saturated rings. The second kappa shape index (κ2) is 5.96. The van der Waals surface area contributed by atoms with Gasteiger partial charge in [0.15, 0.2) is 17.3 Å². The van der Waals surface area contributed by atoms with Crippen LogP contribution in [0.15, 0.2) is 36.4 Å². The molecule has 108 valence electrons. The predicted octanol–water partition coefficient (Wildman–Crippen LogP) is 4.19. The van der Waals surface area contributed by atoms with E-state index >= 15 is 0 Å². The molecule has 0 atom stereocenters. The van der Waals surface area contributed by atoms with Gasteiger partial charge in [-0.2, -0.15) is 0 Å². The molecule has 3 nitrogen and oxygen atoms in total. The van der Waals surface area contributed by atoms with Gasteiger partial charge < -0.3 is 9.47 Å². The van der Waals surface area contributed by atoms with Gasteiger partial charge in [0.2, 0.25) is 0 Å². The Balaban J connectivity index is 1.83. The molecule has 0 amide bonds. The van der Waals surface area contributed by atoms with Crippen LogP contribution in [-0.2, 0) is 6.42 Å². The summed E-state index contributed by atoms with van der Waals surface area (Å²) in [6.07, 6.45) is 0.193. The lowest BCUT2D eigenvalue weighted by atomic mass is 10.0. The molecule has 21 heavy (non-hydrogen) atoms. The first-order chi connectivity index (χ1) is 10.1. The first-order valence-electron chi connectivity index (χ1n) is 6.50. The van der Waals surface area contributed by atoms with E-state index < -0.39 is 0 Å². The lowest BCUT2D eigenvalue weighted by molar-refractivity contribution is 0.0991. The minimum absolute atomic E-state index is 0.0452. The zero-order chi connectivity index (χ0) is 14.8. The standard InChI is InChI=1S/C16H12Cl2O3/c17-12-2-3-13(18)11(7-12)8-14(19)10-1-4-15-16(9-10)21-6-5-20-15/h1-4,7,9H,5-6,8H2. The number of carbonyl (C=O) groups excluding carboxylic acids is 1. The van der Waals surface area contributed by atoms with Gasteiger partial charge in [0.05, 0.1) is 0 Å². The van der Waals surface area contributed by atoms with E-state index in [1.165, 1.54) is 0 Å². The number of carbonyl (C=O) groups is 1. The van der Waals surface area contributed by atoms with Gasteiger partial charge in [0.1, 0.15) is 13.2 Å². The van der Waals surface area contributed by atoms with E-state index in [0.717, 1.165) is 0 Å². The van der Waals surface area contributed by atoms with Crippen molar-refractivity contribution in [2.45, 2.75) is 6.42 Å². The van der Waals surface area contributed by atoms with Gasteiger partial charge >= 0.3 is 0 Å². The molecular formula is C16H12Cl2O3. The van der Waals surface area contributed by atoms with Crippen molar-refractivity contribution in [3.8, 4) is 11.5 Å². The molecule has 0 N–H and O–H groups in total. The van der Waals surface area contributed by atoms with E-state index in [9.17, 15) is 4.79 Å². The van der Waals surface area contributed by atoms with Crippen molar-refractivity contribution >= 4 is 29.0 Å². The number of ketones is 1. The zero-order valence-electron chi connectivity index (χ0n) is 11.1. The molecule has 0 radical (unpaired) electrons. The number of fused-ring (bicyclic) bond motifs is 1. The summed E-state index contributed by atoms with van der Waals surface area (Å²) >= 11 is 12.0. The van der Waals surface area contributed by atoms with Crippen LogP contribution in [0.5, 0.6) is 11.5 Å². The molecule has 1 aliphatic heterocycles. The number of benzene rings is 2. The smallest absolute Gasteiger partial charge is 0.167 e. The average molecular weight is 323 g/mol. The highest BCUT2D eigenvalue weighted by Crippen LogP contribution is 2.31. The van der Waals surface area contributed by atoms with Crippen molar-refractivity contribution in [2.75, 3.05) is 13.2 Å². The monoisotopic (exact) mass is 322 g/mol. The lowest BCUT2D eigenvalue weighted by Gasteiger charge is -2.18. The summed E-state index contributed by atoms with van der Waals surface area (Å²) in [5.41, 5.74) is 1.28. The molecule has 0 spiro atoms. The van der Waals surface area contributed by atoms with E-state index in [2.05, 4.69) is 0 Å². The summed E-state index contributed by atoms with van der Waals surface area (Å²) in [5.74, 6) is 1.22. The second-order valence-electron chi connectivity index (χ2n) is 4.69. The first-order valence-corrected chi connectivity index (χ1v) is 7.26. The summed E-state index contributed by atoms with van der Waals surface area (Å²) in [6, 6.07) is 10.3. The third-order valence-corrected chi connectivity index (χ3v) is 3.83. The molecule has 0 aromatic heterocycles. The number of halogens is 2. The molecule has 1 aliphatic rings. The Bertz CT molecular complexity index is 698. The molecule has 2 aromatic rings. The van der Waals surface area contributed by atoms with Gasteiger partial charge in [-0.15, -0.1) is 0 Å². The fourth-order valence-electron chi connectivity index (χ4n) is 2.17. The minimum Gasteiger partial charge on any atom is -0.486 e. The van der Waals surface area contributed by atoms with E-state index in [1.807, 2.05) is 0 Å². The Morgan fingerprint density at radius 3 is 2.57 bits per heavy atom. The number of ether oxygens (including phenoxy) is 2. The normalized spacial score (nSPS) is 13.0. The Kier molecular flexibility index (Phi) is 4.04. The van der Waals surface area contributed by atoms with Gasteiger partial charge in [-0.05, 0) is 42.0 Å². The predicted molar refractivity (Wildman–Crippen MR) is 81.9 cm³/mol. The maximum Gasteiger partial charge on any atom is 0.167 e. The maximum absolute atomic E-state index is 12.4. The Labute approximate surface area is 132 Å². The van der Waals surface area contributed by atoms with E-state index in [4.69, 9.17) is 32.7 Å². The topological polar surface area (TPSA) is 35.5 Å². The van der Waals surface area contributed by atoms with Crippen LogP contribution in [0.3, 0.4) is 0 Å². The third kappa shape index (κ3) is 3.14. The Morgan fingerprint density at radius 2 is 1.76 bits per heavy atom. The van der Waals surface area contributed by atoms with Crippen LogP contribution in [0.4, 0.5) is 0 Å². The van der Waals surface area contributed by atoms with Crippen LogP contribution in [0, 0.1) is 0 Å². The average Bonchev–Trinajstić information content (AvgIpc) is 2.50. The van der Waals surface area contributed by atoms with Gasteiger partial charge in [-0.1, -0.05) is 23.2 Å². The molecule has 0 bridgehead atoms. The SMILES string of the molecule is O=C(Cc1cc(Cl)ccc1Cl)c1ccc2c(c1)OCCO2. The summed E-state index contributed by atoms with van der Waals surface area (Å²) < 4.78 is 10.9. The molecule has 1 heterocycles. The zero-order valence-corrected chi connectivity index (χ0v) is 12.6. The van der Waals surface area contributed by atoms with E-state index in [1.54, 1.807) is 36.4 Å². The maximum atomic E-state index is 12.4. The van der Waals surface area contributed by atoms with Crippen molar-refractivity contribution in [2.24, 2.45) is 0 Å². The summed E-state index contributed by atoms with van der Waals surface area (Å²) in [4.78, 5) is 12.4.